The number of rotatable bonds is 10. The first kappa shape index (κ1) is 23.8. The van der Waals surface area contributed by atoms with Crippen LogP contribution in [0.3, 0.4) is 0 Å². The number of alkyl carbamates (subject to hydrolysis) is 1. The molecular formula is C22H36N2O4. The van der Waals surface area contributed by atoms with Gasteiger partial charge >= 0.3 is 12.1 Å². The van der Waals surface area contributed by atoms with Gasteiger partial charge in [0.2, 0.25) is 0 Å². The molecule has 1 amide bonds. The van der Waals surface area contributed by atoms with Gasteiger partial charge in [0.25, 0.3) is 0 Å². The lowest BCUT2D eigenvalue weighted by atomic mass is 9.96. The zero-order valence-electron chi connectivity index (χ0n) is 18.2. The number of carbonyl (C=O) groups is 2. The van der Waals surface area contributed by atoms with Crippen LogP contribution < -0.4 is 5.32 Å². The molecular weight excluding hydrogens is 356 g/mol. The Balaban J connectivity index is 2.92. The summed E-state index contributed by atoms with van der Waals surface area (Å²) in [4.78, 5) is 24.5. The molecule has 0 aromatic carbocycles. The number of unbranched alkanes of at least 4 members (excludes halogenated alkanes) is 2. The molecule has 1 heterocycles. The minimum absolute atomic E-state index is 0.0641. The molecule has 28 heavy (non-hydrogen) atoms. The number of hydrogen-bond acceptors (Lipinski definition) is 4. The highest BCUT2D eigenvalue weighted by atomic mass is 16.6. The molecule has 0 unspecified atom stereocenters. The second kappa shape index (κ2) is 10.9. The lowest BCUT2D eigenvalue weighted by molar-refractivity contribution is -0.145. The predicted octanol–water partition coefficient (Wildman–Crippen LogP) is 4.84. The molecule has 158 valence electrons. The third kappa shape index (κ3) is 8.63. The zero-order valence-corrected chi connectivity index (χ0v) is 18.2. The van der Waals surface area contributed by atoms with Gasteiger partial charge < -0.3 is 19.4 Å². The normalized spacial score (nSPS) is 13.9. The van der Waals surface area contributed by atoms with E-state index in [-0.39, 0.29) is 12.6 Å². The molecule has 0 spiro atoms. The van der Waals surface area contributed by atoms with Crippen molar-refractivity contribution in [1.82, 2.24) is 9.88 Å². The lowest BCUT2D eigenvalue weighted by Crippen LogP contribution is -2.51. The Kier molecular flexibility index (Phi) is 9.29. The van der Waals surface area contributed by atoms with E-state index < -0.39 is 17.2 Å². The number of esters is 1. The molecule has 1 aromatic heterocycles. The van der Waals surface area contributed by atoms with Gasteiger partial charge in [-0.05, 0) is 51.8 Å². The highest BCUT2D eigenvalue weighted by molar-refractivity contribution is 5.71. The zero-order chi connectivity index (χ0) is 21.2. The van der Waals surface area contributed by atoms with Crippen LogP contribution in [0.15, 0.2) is 24.4 Å². The minimum Gasteiger partial charge on any atom is -0.463 e. The van der Waals surface area contributed by atoms with Crippen LogP contribution in [0.5, 0.6) is 0 Å². The van der Waals surface area contributed by atoms with Gasteiger partial charge in [0.05, 0.1) is 5.54 Å². The molecule has 0 radical (unpaired) electrons. The molecule has 1 aromatic rings. The van der Waals surface area contributed by atoms with Crippen LogP contribution in [0.2, 0.25) is 0 Å². The number of nitrogens with zero attached hydrogens (tertiary/aromatic N) is 1. The van der Waals surface area contributed by atoms with Crippen molar-refractivity contribution in [3.63, 3.8) is 0 Å². The summed E-state index contributed by atoms with van der Waals surface area (Å²) in [6.07, 6.45) is 9.01. The summed E-state index contributed by atoms with van der Waals surface area (Å²) in [5, 5.41) is 2.91. The van der Waals surface area contributed by atoms with Crippen LogP contribution in [0.25, 0.3) is 6.08 Å². The molecule has 0 aliphatic rings. The molecule has 0 aliphatic carbocycles. The number of ether oxygens (including phenoxy) is 2. The third-order valence-corrected chi connectivity index (χ3v) is 4.41. The van der Waals surface area contributed by atoms with Crippen molar-refractivity contribution < 1.29 is 19.1 Å². The summed E-state index contributed by atoms with van der Waals surface area (Å²) in [6, 6.07) is 3.92. The van der Waals surface area contributed by atoms with E-state index in [2.05, 4.69) is 12.2 Å². The van der Waals surface area contributed by atoms with E-state index in [1.807, 2.05) is 69.8 Å². The highest BCUT2D eigenvalue weighted by Crippen LogP contribution is 2.18. The van der Waals surface area contributed by atoms with E-state index >= 15 is 0 Å². The highest BCUT2D eigenvalue weighted by Gasteiger charge is 2.31. The van der Waals surface area contributed by atoms with Crippen LogP contribution in [0, 0.1) is 0 Å². The van der Waals surface area contributed by atoms with E-state index in [1.165, 1.54) is 0 Å². The van der Waals surface area contributed by atoms with Gasteiger partial charge in [0, 0.05) is 25.4 Å². The van der Waals surface area contributed by atoms with Crippen molar-refractivity contribution in [1.29, 1.82) is 0 Å². The molecule has 0 aliphatic heterocycles. The van der Waals surface area contributed by atoms with Crippen LogP contribution in [0.4, 0.5) is 4.79 Å². The topological polar surface area (TPSA) is 69.6 Å². The van der Waals surface area contributed by atoms with Crippen LogP contribution >= 0.6 is 0 Å². The number of aromatic nitrogens is 1. The molecule has 0 saturated heterocycles. The van der Waals surface area contributed by atoms with Crippen molar-refractivity contribution in [3.05, 3.63) is 30.1 Å². The first-order valence-electron chi connectivity index (χ1n) is 10.1. The van der Waals surface area contributed by atoms with Gasteiger partial charge in [-0.3, -0.25) is 4.79 Å². The van der Waals surface area contributed by atoms with Crippen LogP contribution in [0.1, 0.15) is 72.4 Å². The summed E-state index contributed by atoms with van der Waals surface area (Å²) < 4.78 is 12.9. The fourth-order valence-electron chi connectivity index (χ4n) is 2.63. The van der Waals surface area contributed by atoms with Gasteiger partial charge in [0.1, 0.15) is 12.2 Å². The summed E-state index contributed by atoms with van der Waals surface area (Å²) in [6.45, 7) is 9.54. The Morgan fingerprint density at radius 1 is 1.21 bits per heavy atom. The summed E-state index contributed by atoms with van der Waals surface area (Å²) >= 11 is 0. The maximum atomic E-state index is 12.4. The average Bonchev–Trinajstić information content (AvgIpc) is 3.01. The van der Waals surface area contributed by atoms with E-state index in [9.17, 15) is 9.59 Å². The Labute approximate surface area is 169 Å². The molecule has 0 saturated carbocycles. The van der Waals surface area contributed by atoms with Crippen molar-refractivity contribution >= 4 is 18.1 Å². The van der Waals surface area contributed by atoms with Crippen molar-refractivity contribution in [2.24, 2.45) is 7.05 Å². The minimum atomic E-state index is -0.840. The molecule has 6 nitrogen and oxygen atoms in total. The smallest absolute Gasteiger partial charge is 0.408 e. The Morgan fingerprint density at radius 2 is 1.93 bits per heavy atom. The molecule has 6 heteroatoms. The van der Waals surface area contributed by atoms with Gasteiger partial charge in [-0.2, -0.15) is 0 Å². The fraction of sp³-hybridized carbons (Fsp3) is 0.636. The summed E-state index contributed by atoms with van der Waals surface area (Å²) in [5.74, 6) is -0.246. The molecule has 1 atom stereocenters. The van der Waals surface area contributed by atoms with E-state index in [1.54, 1.807) is 0 Å². The summed E-state index contributed by atoms with van der Waals surface area (Å²) in [5.41, 5.74) is -0.465. The monoisotopic (exact) mass is 392 g/mol. The van der Waals surface area contributed by atoms with E-state index in [0.717, 1.165) is 25.0 Å². The number of aryl methyl sites for hydroxylation is 1. The fourth-order valence-corrected chi connectivity index (χ4v) is 2.63. The number of carbonyl (C=O) groups excluding carboxylic acids is 2. The largest absolute Gasteiger partial charge is 0.463 e. The van der Waals surface area contributed by atoms with Crippen molar-refractivity contribution in [3.8, 4) is 0 Å². The van der Waals surface area contributed by atoms with Crippen LogP contribution in [-0.4, -0.2) is 34.4 Å². The Morgan fingerprint density at radius 3 is 2.46 bits per heavy atom. The van der Waals surface area contributed by atoms with E-state index in [0.29, 0.717) is 12.8 Å². The van der Waals surface area contributed by atoms with E-state index in [4.69, 9.17) is 9.47 Å². The average molecular weight is 393 g/mol. The van der Waals surface area contributed by atoms with Crippen molar-refractivity contribution in [2.75, 3.05) is 6.61 Å². The molecule has 0 fully saturated rings. The van der Waals surface area contributed by atoms with Crippen LogP contribution in [-0.2, 0) is 21.3 Å². The second-order valence-corrected chi connectivity index (χ2v) is 8.13. The Hall–Kier alpha value is -2.24. The summed E-state index contributed by atoms with van der Waals surface area (Å²) in [7, 11) is 1.95. The lowest BCUT2D eigenvalue weighted by Gasteiger charge is -2.31. The third-order valence-electron chi connectivity index (χ3n) is 4.41. The quantitative estimate of drug-likeness (QED) is 0.457. The maximum absolute atomic E-state index is 12.4. The number of nitrogens with one attached hydrogen (secondary N) is 1. The first-order chi connectivity index (χ1) is 13.1. The maximum Gasteiger partial charge on any atom is 0.408 e. The first-order valence-corrected chi connectivity index (χ1v) is 10.1. The van der Waals surface area contributed by atoms with Gasteiger partial charge in [-0.1, -0.05) is 32.8 Å². The molecule has 1 N–H and O–H groups in total. The molecule has 0 bridgehead atoms. The predicted molar refractivity (Wildman–Crippen MR) is 112 cm³/mol. The number of hydrogen-bond donors (Lipinski definition) is 1. The van der Waals surface area contributed by atoms with Gasteiger partial charge in [0.15, 0.2) is 0 Å². The SMILES string of the molecule is CCCCCC(=O)OC[C@](C=Cc1cccn1C)(CC)NC(=O)OC(C)(C)C. The second-order valence-electron chi connectivity index (χ2n) is 8.13. The number of amides is 1. The van der Waals surface area contributed by atoms with Gasteiger partial charge in [-0.15, -0.1) is 0 Å². The van der Waals surface area contributed by atoms with Crippen molar-refractivity contribution in [2.45, 2.75) is 77.9 Å². The standard InChI is InChI=1S/C22H36N2O4/c1-7-9-10-13-19(25)27-17-22(8-2,23-20(26)28-21(3,4)5)15-14-18-12-11-16-24(18)6/h11-12,14-16H,7-10,13,17H2,1-6H3,(H,23,26)/t22-/m1/s1. The van der Waals surface area contributed by atoms with Gasteiger partial charge in [-0.25, -0.2) is 4.79 Å². The molecule has 1 rings (SSSR count). The Bertz CT molecular complexity index is 658.